The van der Waals surface area contributed by atoms with E-state index in [1.807, 2.05) is 6.92 Å². The van der Waals surface area contributed by atoms with Crippen LogP contribution < -0.4 is 5.32 Å². The van der Waals surface area contributed by atoms with Gasteiger partial charge in [0.25, 0.3) is 0 Å². The van der Waals surface area contributed by atoms with Crippen LogP contribution >= 0.6 is 0 Å². The molecule has 0 aromatic carbocycles. The normalized spacial score (nSPS) is 18.9. The summed E-state index contributed by atoms with van der Waals surface area (Å²) in [6.45, 7) is 1.86. The van der Waals surface area contributed by atoms with Crippen LogP contribution in [-0.2, 0) is 14.3 Å². The molecule has 1 atom stereocenters. The summed E-state index contributed by atoms with van der Waals surface area (Å²) in [5.74, 6) is -0.254. The Bertz CT molecular complexity index is 247. The van der Waals surface area contributed by atoms with Crippen LogP contribution in [0.25, 0.3) is 0 Å². The van der Waals surface area contributed by atoms with Crippen molar-refractivity contribution in [3.63, 3.8) is 0 Å². The number of esters is 1. The van der Waals surface area contributed by atoms with E-state index < -0.39 is 6.04 Å². The van der Waals surface area contributed by atoms with Crippen LogP contribution in [-0.4, -0.2) is 25.0 Å². The summed E-state index contributed by atoms with van der Waals surface area (Å²) in [5.41, 5.74) is 0. The third-order valence-corrected chi connectivity index (χ3v) is 3.19. The van der Waals surface area contributed by atoms with Gasteiger partial charge in [-0.3, -0.25) is 4.79 Å². The second-order valence-electron chi connectivity index (χ2n) is 4.33. The van der Waals surface area contributed by atoms with Gasteiger partial charge in [0.15, 0.2) is 0 Å². The van der Waals surface area contributed by atoms with Crippen molar-refractivity contribution in [3.05, 3.63) is 0 Å². The average Bonchev–Trinajstić information content (AvgIpc) is 2.35. The van der Waals surface area contributed by atoms with Gasteiger partial charge in [-0.2, -0.15) is 0 Å². The molecule has 4 nitrogen and oxygen atoms in total. The molecule has 0 spiro atoms. The molecule has 4 heteroatoms. The highest BCUT2D eigenvalue weighted by atomic mass is 16.5. The predicted octanol–water partition coefficient (Wildman–Crippen LogP) is 1.63. The Morgan fingerprint density at radius 1 is 1.31 bits per heavy atom. The van der Waals surface area contributed by atoms with Crippen molar-refractivity contribution in [2.24, 2.45) is 5.92 Å². The van der Waals surface area contributed by atoms with Gasteiger partial charge < -0.3 is 10.1 Å². The van der Waals surface area contributed by atoms with Gasteiger partial charge in [-0.15, -0.1) is 0 Å². The van der Waals surface area contributed by atoms with E-state index in [4.69, 9.17) is 0 Å². The van der Waals surface area contributed by atoms with Crippen LogP contribution in [0, 0.1) is 5.92 Å². The lowest BCUT2D eigenvalue weighted by molar-refractivity contribution is -0.145. The first-order valence-electron chi connectivity index (χ1n) is 6.07. The molecule has 1 aliphatic carbocycles. The maximum atomic E-state index is 11.9. The van der Waals surface area contributed by atoms with Crippen molar-refractivity contribution in [2.75, 3.05) is 7.11 Å². The monoisotopic (exact) mass is 227 g/mol. The molecule has 0 bridgehead atoms. The number of nitrogens with one attached hydrogen (secondary N) is 1. The van der Waals surface area contributed by atoms with Gasteiger partial charge in [0, 0.05) is 5.92 Å². The first-order valence-corrected chi connectivity index (χ1v) is 6.07. The molecular weight excluding hydrogens is 206 g/mol. The van der Waals surface area contributed by atoms with E-state index in [1.54, 1.807) is 0 Å². The maximum absolute atomic E-state index is 11.9. The Morgan fingerprint density at radius 3 is 2.44 bits per heavy atom. The first kappa shape index (κ1) is 13.0. The van der Waals surface area contributed by atoms with Gasteiger partial charge in [-0.25, -0.2) is 4.79 Å². The zero-order valence-electron chi connectivity index (χ0n) is 10.1. The third-order valence-electron chi connectivity index (χ3n) is 3.19. The Labute approximate surface area is 96.7 Å². The van der Waals surface area contributed by atoms with Crippen molar-refractivity contribution in [3.8, 4) is 0 Å². The molecule has 16 heavy (non-hydrogen) atoms. The minimum Gasteiger partial charge on any atom is -0.467 e. The number of carbonyl (C=O) groups excluding carboxylic acids is 2. The van der Waals surface area contributed by atoms with E-state index in [2.05, 4.69) is 10.1 Å². The highest BCUT2D eigenvalue weighted by Crippen LogP contribution is 2.23. The molecule has 92 valence electrons. The lowest BCUT2D eigenvalue weighted by atomic mass is 9.88. The number of hydrogen-bond donors (Lipinski definition) is 1. The van der Waals surface area contributed by atoms with Crippen LogP contribution in [0.2, 0.25) is 0 Å². The minimum absolute atomic E-state index is 0.0111. The molecule has 1 aliphatic rings. The zero-order chi connectivity index (χ0) is 12.0. The minimum atomic E-state index is -0.487. The SMILES string of the molecule is CC[C@H](NC(=O)C1CCCCC1)C(=O)OC. The van der Waals surface area contributed by atoms with Crippen molar-refractivity contribution in [1.29, 1.82) is 0 Å². The number of rotatable bonds is 4. The van der Waals surface area contributed by atoms with Crippen LogP contribution in [0.5, 0.6) is 0 Å². The first-order chi connectivity index (χ1) is 7.69. The molecule has 0 radical (unpaired) electrons. The fourth-order valence-electron chi connectivity index (χ4n) is 2.12. The molecule has 0 saturated heterocycles. The highest BCUT2D eigenvalue weighted by molar-refractivity contribution is 5.85. The molecule has 1 saturated carbocycles. The maximum Gasteiger partial charge on any atom is 0.328 e. The van der Waals surface area contributed by atoms with E-state index in [0.717, 1.165) is 25.7 Å². The summed E-state index contributed by atoms with van der Waals surface area (Å²) in [5, 5.41) is 2.77. The van der Waals surface area contributed by atoms with Gasteiger partial charge in [-0.1, -0.05) is 26.2 Å². The van der Waals surface area contributed by atoms with Crippen LogP contribution in [0.4, 0.5) is 0 Å². The Hall–Kier alpha value is -1.06. The topological polar surface area (TPSA) is 55.4 Å². The van der Waals surface area contributed by atoms with Gasteiger partial charge in [0.05, 0.1) is 7.11 Å². The van der Waals surface area contributed by atoms with Gasteiger partial charge in [0.2, 0.25) is 5.91 Å². The molecule has 0 aliphatic heterocycles. The largest absolute Gasteiger partial charge is 0.467 e. The Balaban J connectivity index is 2.44. The molecule has 1 fully saturated rings. The van der Waals surface area contributed by atoms with E-state index in [-0.39, 0.29) is 17.8 Å². The van der Waals surface area contributed by atoms with Gasteiger partial charge in [0.1, 0.15) is 6.04 Å². The van der Waals surface area contributed by atoms with E-state index in [9.17, 15) is 9.59 Å². The average molecular weight is 227 g/mol. The summed E-state index contributed by atoms with van der Waals surface area (Å²) in [4.78, 5) is 23.2. The summed E-state index contributed by atoms with van der Waals surface area (Å²) >= 11 is 0. The molecule has 1 N–H and O–H groups in total. The summed E-state index contributed by atoms with van der Waals surface area (Å²) in [7, 11) is 1.34. The quantitative estimate of drug-likeness (QED) is 0.743. The zero-order valence-corrected chi connectivity index (χ0v) is 10.1. The van der Waals surface area contributed by atoms with Crippen LogP contribution in [0.3, 0.4) is 0 Å². The van der Waals surface area contributed by atoms with Crippen molar-refractivity contribution in [2.45, 2.75) is 51.5 Å². The van der Waals surface area contributed by atoms with Crippen molar-refractivity contribution < 1.29 is 14.3 Å². The second-order valence-corrected chi connectivity index (χ2v) is 4.33. The smallest absolute Gasteiger partial charge is 0.328 e. The van der Waals surface area contributed by atoms with E-state index in [0.29, 0.717) is 6.42 Å². The molecule has 0 aromatic rings. The number of amides is 1. The lowest BCUT2D eigenvalue weighted by Gasteiger charge is -2.23. The Kier molecular flexibility index (Phi) is 5.29. The second kappa shape index (κ2) is 6.51. The fourth-order valence-corrected chi connectivity index (χ4v) is 2.12. The molecule has 0 heterocycles. The number of carbonyl (C=O) groups is 2. The van der Waals surface area contributed by atoms with E-state index in [1.165, 1.54) is 13.5 Å². The summed E-state index contributed by atoms with van der Waals surface area (Å²) < 4.78 is 4.64. The van der Waals surface area contributed by atoms with Gasteiger partial charge >= 0.3 is 5.97 Å². The van der Waals surface area contributed by atoms with Crippen LogP contribution in [0.15, 0.2) is 0 Å². The standard InChI is InChI=1S/C12H21NO3/c1-3-10(12(15)16-2)13-11(14)9-7-5-4-6-8-9/h9-10H,3-8H2,1-2H3,(H,13,14)/t10-/m0/s1. The molecule has 1 rings (SSSR count). The molecule has 0 unspecified atom stereocenters. The van der Waals surface area contributed by atoms with Crippen molar-refractivity contribution in [1.82, 2.24) is 5.32 Å². The predicted molar refractivity (Wildman–Crippen MR) is 60.8 cm³/mol. The number of ether oxygens (including phenoxy) is 1. The summed E-state index contributed by atoms with van der Waals surface area (Å²) in [6, 6.07) is -0.487. The third kappa shape index (κ3) is 3.51. The number of hydrogen-bond acceptors (Lipinski definition) is 3. The molecule has 0 aromatic heterocycles. The Morgan fingerprint density at radius 2 is 1.94 bits per heavy atom. The highest BCUT2D eigenvalue weighted by Gasteiger charge is 2.25. The lowest BCUT2D eigenvalue weighted by Crippen LogP contribution is -2.44. The molecule has 1 amide bonds. The number of methoxy groups -OCH3 is 1. The van der Waals surface area contributed by atoms with E-state index >= 15 is 0 Å². The van der Waals surface area contributed by atoms with Crippen LogP contribution in [0.1, 0.15) is 45.4 Å². The van der Waals surface area contributed by atoms with Gasteiger partial charge in [-0.05, 0) is 19.3 Å². The summed E-state index contributed by atoms with van der Waals surface area (Å²) in [6.07, 6.45) is 5.93. The fraction of sp³-hybridized carbons (Fsp3) is 0.833. The van der Waals surface area contributed by atoms with Crippen molar-refractivity contribution >= 4 is 11.9 Å². The molecular formula is C12H21NO3.